The molecule has 16 heavy (non-hydrogen) atoms. The minimum atomic E-state index is -0.236. The summed E-state index contributed by atoms with van der Waals surface area (Å²) in [7, 11) is 0. The Kier molecular flexibility index (Phi) is 2.72. The van der Waals surface area contributed by atoms with Gasteiger partial charge in [-0.3, -0.25) is 9.59 Å². The number of carbonyl (C=O) groups excluding carboxylic acids is 2. The van der Waals surface area contributed by atoms with Gasteiger partial charge in [0.05, 0.1) is 0 Å². The average molecular weight is 216 g/mol. The highest BCUT2D eigenvalue weighted by Gasteiger charge is 2.14. The molecule has 1 aromatic carbocycles. The van der Waals surface area contributed by atoms with E-state index in [0.29, 0.717) is 12.8 Å². The van der Waals surface area contributed by atoms with E-state index >= 15 is 0 Å². The molecule has 0 spiro atoms. The van der Waals surface area contributed by atoms with Crippen molar-refractivity contribution >= 4 is 23.2 Å². The van der Waals surface area contributed by atoms with Crippen LogP contribution in [0.2, 0.25) is 0 Å². The van der Waals surface area contributed by atoms with E-state index in [1.54, 1.807) is 12.1 Å². The Morgan fingerprint density at radius 2 is 2.25 bits per heavy atom. The number of nitrogens with one attached hydrogen (secondary N) is 2. The molecular formula is C12H12N2O2. The van der Waals surface area contributed by atoms with Gasteiger partial charge in [0.2, 0.25) is 11.8 Å². The maximum Gasteiger partial charge on any atom is 0.247 e. The molecule has 0 fully saturated rings. The van der Waals surface area contributed by atoms with E-state index in [-0.39, 0.29) is 11.8 Å². The van der Waals surface area contributed by atoms with Gasteiger partial charge in [-0.2, -0.15) is 0 Å². The first kappa shape index (κ1) is 10.4. The third kappa shape index (κ3) is 2.11. The SMILES string of the molecule is C=CC(=O)Nc1ccc2c(c1)CCC(=O)N2. The number of amides is 2. The van der Waals surface area contributed by atoms with E-state index in [1.165, 1.54) is 6.08 Å². The van der Waals surface area contributed by atoms with Gasteiger partial charge in [0.15, 0.2) is 0 Å². The third-order valence-corrected chi connectivity index (χ3v) is 2.45. The lowest BCUT2D eigenvalue weighted by molar-refractivity contribution is -0.116. The summed E-state index contributed by atoms with van der Waals surface area (Å²) >= 11 is 0. The standard InChI is InChI=1S/C12H12N2O2/c1-2-11(15)13-9-4-5-10-8(7-9)3-6-12(16)14-10/h2,4-5,7H,1,3,6H2,(H,13,15)(H,14,16). The van der Waals surface area contributed by atoms with Crippen LogP contribution in [-0.2, 0) is 16.0 Å². The van der Waals surface area contributed by atoms with Crippen molar-refractivity contribution in [2.24, 2.45) is 0 Å². The number of carbonyl (C=O) groups is 2. The maximum absolute atomic E-state index is 11.1. The second-order valence-corrected chi connectivity index (χ2v) is 3.61. The number of aryl methyl sites for hydroxylation is 1. The van der Waals surface area contributed by atoms with Crippen molar-refractivity contribution in [1.29, 1.82) is 0 Å². The fourth-order valence-electron chi connectivity index (χ4n) is 1.65. The zero-order valence-electron chi connectivity index (χ0n) is 8.75. The normalized spacial score (nSPS) is 13.6. The van der Waals surface area contributed by atoms with E-state index in [9.17, 15) is 9.59 Å². The van der Waals surface area contributed by atoms with Crippen molar-refractivity contribution in [1.82, 2.24) is 0 Å². The first-order valence-electron chi connectivity index (χ1n) is 5.05. The van der Waals surface area contributed by atoms with Gasteiger partial charge < -0.3 is 10.6 Å². The van der Waals surface area contributed by atoms with Gasteiger partial charge in [-0.05, 0) is 36.3 Å². The Labute approximate surface area is 93.3 Å². The summed E-state index contributed by atoms with van der Waals surface area (Å²) in [6.07, 6.45) is 2.42. The largest absolute Gasteiger partial charge is 0.326 e. The van der Waals surface area contributed by atoms with Crippen LogP contribution in [0.4, 0.5) is 11.4 Å². The lowest BCUT2D eigenvalue weighted by atomic mass is 10.0. The van der Waals surface area contributed by atoms with Gasteiger partial charge in [-0.25, -0.2) is 0 Å². The van der Waals surface area contributed by atoms with Crippen LogP contribution in [0.5, 0.6) is 0 Å². The van der Waals surface area contributed by atoms with Crippen LogP contribution in [0.3, 0.4) is 0 Å². The Morgan fingerprint density at radius 3 is 3.00 bits per heavy atom. The monoisotopic (exact) mass is 216 g/mol. The fraction of sp³-hybridized carbons (Fsp3) is 0.167. The predicted molar refractivity (Wildman–Crippen MR) is 62.2 cm³/mol. The summed E-state index contributed by atoms with van der Waals surface area (Å²) in [5.41, 5.74) is 2.59. The van der Waals surface area contributed by atoms with E-state index < -0.39 is 0 Å². The molecule has 0 atom stereocenters. The number of hydrogen-bond acceptors (Lipinski definition) is 2. The summed E-state index contributed by atoms with van der Waals surface area (Å²) in [5.74, 6) is -0.199. The van der Waals surface area contributed by atoms with Gasteiger partial charge >= 0.3 is 0 Å². The second kappa shape index (κ2) is 4.18. The molecule has 4 nitrogen and oxygen atoms in total. The van der Waals surface area contributed by atoms with Crippen LogP contribution in [0.1, 0.15) is 12.0 Å². The van der Waals surface area contributed by atoms with Crippen LogP contribution < -0.4 is 10.6 Å². The Bertz CT molecular complexity index is 466. The first-order chi connectivity index (χ1) is 7.69. The maximum atomic E-state index is 11.1. The molecule has 0 aliphatic carbocycles. The van der Waals surface area contributed by atoms with E-state index in [2.05, 4.69) is 17.2 Å². The summed E-state index contributed by atoms with van der Waals surface area (Å²) < 4.78 is 0. The summed E-state index contributed by atoms with van der Waals surface area (Å²) in [4.78, 5) is 22.2. The zero-order chi connectivity index (χ0) is 11.5. The average Bonchev–Trinajstić information content (AvgIpc) is 2.29. The summed E-state index contributed by atoms with van der Waals surface area (Å²) in [5, 5.41) is 5.47. The quantitative estimate of drug-likeness (QED) is 0.739. The Balaban J connectivity index is 2.22. The molecule has 0 aromatic heterocycles. The minimum Gasteiger partial charge on any atom is -0.326 e. The molecule has 0 bridgehead atoms. The molecule has 4 heteroatoms. The van der Waals surface area contributed by atoms with E-state index in [0.717, 1.165) is 16.9 Å². The molecule has 2 N–H and O–H groups in total. The number of rotatable bonds is 2. The fourth-order valence-corrected chi connectivity index (χ4v) is 1.65. The van der Waals surface area contributed by atoms with Gasteiger partial charge in [0.25, 0.3) is 0 Å². The Morgan fingerprint density at radius 1 is 1.44 bits per heavy atom. The van der Waals surface area contributed by atoms with E-state index in [1.807, 2.05) is 6.07 Å². The van der Waals surface area contributed by atoms with Crippen LogP contribution in [0, 0.1) is 0 Å². The molecule has 1 heterocycles. The summed E-state index contributed by atoms with van der Waals surface area (Å²) in [6.45, 7) is 3.39. The molecule has 0 radical (unpaired) electrons. The second-order valence-electron chi connectivity index (χ2n) is 3.61. The molecule has 0 saturated heterocycles. The topological polar surface area (TPSA) is 58.2 Å². The molecule has 1 aromatic rings. The lowest BCUT2D eigenvalue weighted by Crippen LogP contribution is -2.19. The minimum absolute atomic E-state index is 0.0374. The first-order valence-corrected chi connectivity index (χ1v) is 5.05. The molecule has 2 rings (SSSR count). The lowest BCUT2D eigenvalue weighted by Gasteiger charge is -2.17. The van der Waals surface area contributed by atoms with Crippen molar-refractivity contribution < 1.29 is 9.59 Å². The molecule has 2 amide bonds. The molecule has 1 aliphatic heterocycles. The molecule has 1 aliphatic rings. The van der Waals surface area contributed by atoms with Crippen molar-refractivity contribution in [3.8, 4) is 0 Å². The third-order valence-electron chi connectivity index (χ3n) is 2.45. The van der Waals surface area contributed by atoms with Crippen LogP contribution in [0.25, 0.3) is 0 Å². The predicted octanol–water partition coefficient (Wildman–Crippen LogP) is 1.70. The van der Waals surface area contributed by atoms with Gasteiger partial charge in [0.1, 0.15) is 0 Å². The van der Waals surface area contributed by atoms with Crippen molar-refractivity contribution in [2.75, 3.05) is 10.6 Å². The van der Waals surface area contributed by atoms with Crippen molar-refractivity contribution in [3.63, 3.8) is 0 Å². The highest BCUT2D eigenvalue weighted by atomic mass is 16.2. The molecule has 82 valence electrons. The molecular weight excluding hydrogens is 204 g/mol. The van der Waals surface area contributed by atoms with Crippen LogP contribution in [-0.4, -0.2) is 11.8 Å². The van der Waals surface area contributed by atoms with Gasteiger partial charge in [0, 0.05) is 17.8 Å². The number of fused-ring (bicyclic) bond motifs is 1. The van der Waals surface area contributed by atoms with Gasteiger partial charge in [-0.1, -0.05) is 6.58 Å². The van der Waals surface area contributed by atoms with Gasteiger partial charge in [-0.15, -0.1) is 0 Å². The van der Waals surface area contributed by atoms with Crippen molar-refractivity contribution in [3.05, 3.63) is 36.4 Å². The van der Waals surface area contributed by atoms with Crippen molar-refractivity contribution in [2.45, 2.75) is 12.8 Å². The zero-order valence-corrected chi connectivity index (χ0v) is 8.75. The highest BCUT2D eigenvalue weighted by molar-refractivity contribution is 5.99. The van der Waals surface area contributed by atoms with Crippen LogP contribution >= 0.6 is 0 Å². The smallest absolute Gasteiger partial charge is 0.247 e. The number of benzene rings is 1. The summed E-state index contributed by atoms with van der Waals surface area (Å²) in [6, 6.07) is 5.42. The Hall–Kier alpha value is -2.10. The van der Waals surface area contributed by atoms with E-state index in [4.69, 9.17) is 0 Å². The number of hydrogen-bond donors (Lipinski definition) is 2. The number of anilines is 2. The highest BCUT2D eigenvalue weighted by Crippen LogP contribution is 2.25. The molecule has 0 saturated carbocycles. The van der Waals surface area contributed by atoms with Crippen LogP contribution in [0.15, 0.2) is 30.9 Å². The molecule has 0 unspecified atom stereocenters.